The van der Waals surface area contributed by atoms with Crippen LogP contribution in [0, 0.1) is 17.8 Å². The molecular weight excluding hydrogens is 769 g/mol. The Morgan fingerprint density at radius 1 is 0.323 bits per heavy atom. The van der Waals surface area contributed by atoms with E-state index in [1.807, 2.05) is 0 Å². The molecule has 0 N–H and O–H groups in total. The van der Waals surface area contributed by atoms with Gasteiger partial charge in [0, 0.05) is 19.3 Å². The fraction of sp³-hybridized carbons (Fsp3) is 0.946. The fourth-order valence-electron chi connectivity index (χ4n) is 8.44. The monoisotopic (exact) mass is 877 g/mol. The van der Waals surface area contributed by atoms with Crippen LogP contribution in [0.4, 0.5) is 0 Å². The Kier molecular flexibility index (Phi) is 46.2. The van der Waals surface area contributed by atoms with Crippen molar-refractivity contribution in [3.05, 3.63) is 0 Å². The van der Waals surface area contributed by atoms with Crippen LogP contribution in [-0.4, -0.2) is 37.2 Å². The van der Waals surface area contributed by atoms with Gasteiger partial charge < -0.3 is 14.2 Å². The lowest BCUT2D eigenvalue weighted by Crippen LogP contribution is -2.30. The average molecular weight is 877 g/mol. The number of ether oxygens (including phenoxy) is 3. The van der Waals surface area contributed by atoms with Crippen molar-refractivity contribution in [3.63, 3.8) is 0 Å². The second-order valence-corrected chi connectivity index (χ2v) is 20.4. The standard InChI is InChI=1S/C56H108O6/c1-7-52(6)44-38-32-26-20-16-14-12-10-8-9-11-13-15-17-21-28-35-41-47-56(59)62-53(49-61-55(58)46-40-34-29-23-25-31-37-43-51(4)5)48-60-54(57)45-39-33-27-22-18-19-24-30-36-42-50(2)3/h50-53H,7-49H2,1-6H3/t52?,53-/m1/s1. The van der Waals surface area contributed by atoms with Crippen LogP contribution in [0.25, 0.3) is 0 Å². The Bertz CT molecular complexity index is 962. The van der Waals surface area contributed by atoms with Gasteiger partial charge in [0.1, 0.15) is 13.2 Å². The molecule has 0 spiro atoms. The predicted molar refractivity (Wildman–Crippen MR) is 266 cm³/mol. The normalized spacial score (nSPS) is 12.6. The first-order valence-corrected chi connectivity index (χ1v) is 27.6. The summed E-state index contributed by atoms with van der Waals surface area (Å²) in [6.07, 6.45) is 48.2. The summed E-state index contributed by atoms with van der Waals surface area (Å²) in [6.45, 7) is 13.7. The van der Waals surface area contributed by atoms with E-state index < -0.39 is 6.10 Å². The molecule has 0 bridgehead atoms. The Balaban J connectivity index is 4.21. The zero-order chi connectivity index (χ0) is 45.6. The SMILES string of the molecule is CCC(C)CCCCCCCCCCCCCCCCCCCCC(=O)O[C@H](COC(=O)CCCCCCCCCCCC(C)C)COC(=O)CCCCCCCCCC(C)C. The molecule has 0 aromatic heterocycles. The fourth-order valence-corrected chi connectivity index (χ4v) is 8.44. The van der Waals surface area contributed by atoms with Gasteiger partial charge >= 0.3 is 17.9 Å². The lowest BCUT2D eigenvalue weighted by Gasteiger charge is -2.18. The van der Waals surface area contributed by atoms with E-state index in [2.05, 4.69) is 41.5 Å². The van der Waals surface area contributed by atoms with Crippen LogP contribution in [0.15, 0.2) is 0 Å². The Labute approximate surface area is 387 Å². The van der Waals surface area contributed by atoms with E-state index in [9.17, 15) is 14.4 Å². The minimum absolute atomic E-state index is 0.0652. The van der Waals surface area contributed by atoms with Crippen molar-refractivity contribution in [3.8, 4) is 0 Å². The Morgan fingerprint density at radius 2 is 0.565 bits per heavy atom. The highest BCUT2D eigenvalue weighted by molar-refractivity contribution is 5.71. The molecule has 0 saturated carbocycles. The number of carbonyl (C=O) groups excluding carboxylic acids is 3. The quantitative estimate of drug-likeness (QED) is 0.0344. The van der Waals surface area contributed by atoms with Crippen molar-refractivity contribution >= 4 is 17.9 Å². The first-order valence-electron chi connectivity index (χ1n) is 27.6. The van der Waals surface area contributed by atoms with Crippen LogP contribution in [0.5, 0.6) is 0 Å². The van der Waals surface area contributed by atoms with Gasteiger partial charge in [0.15, 0.2) is 6.10 Å². The summed E-state index contributed by atoms with van der Waals surface area (Å²) < 4.78 is 16.8. The molecule has 368 valence electrons. The van der Waals surface area contributed by atoms with E-state index in [0.29, 0.717) is 19.3 Å². The Morgan fingerprint density at radius 3 is 0.839 bits per heavy atom. The molecule has 0 aromatic carbocycles. The van der Waals surface area contributed by atoms with Gasteiger partial charge in [-0.05, 0) is 37.0 Å². The van der Waals surface area contributed by atoms with Crippen LogP contribution >= 0.6 is 0 Å². The van der Waals surface area contributed by atoms with E-state index in [1.165, 1.54) is 186 Å². The van der Waals surface area contributed by atoms with Crippen molar-refractivity contribution in [1.82, 2.24) is 0 Å². The third-order valence-corrected chi connectivity index (χ3v) is 13.0. The molecule has 0 aliphatic rings. The molecule has 0 amide bonds. The van der Waals surface area contributed by atoms with Gasteiger partial charge in [-0.3, -0.25) is 14.4 Å². The summed E-state index contributed by atoms with van der Waals surface area (Å²) in [5, 5.41) is 0. The van der Waals surface area contributed by atoms with E-state index in [4.69, 9.17) is 14.2 Å². The number of rotatable bonds is 49. The minimum atomic E-state index is -0.763. The van der Waals surface area contributed by atoms with Crippen LogP contribution in [0.3, 0.4) is 0 Å². The van der Waals surface area contributed by atoms with E-state index >= 15 is 0 Å². The molecule has 0 heterocycles. The summed E-state index contributed by atoms with van der Waals surface area (Å²) in [5.74, 6) is 1.65. The number of unbranched alkanes of at least 4 members (excludes halogenated alkanes) is 31. The van der Waals surface area contributed by atoms with E-state index in [1.54, 1.807) is 0 Å². The van der Waals surface area contributed by atoms with Gasteiger partial charge in [0.25, 0.3) is 0 Å². The molecule has 0 fully saturated rings. The third-order valence-electron chi connectivity index (χ3n) is 13.0. The molecule has 6 heteroatoms. The van der Waals surface area contributed by atoms with Crippen LogP contribution in [0.1, 0.15) is 305 Å². The summed E-state index contributed by atoms with van der Waals surface area (Å²) in [6, 6.07) is 0. The number of hydrogen-bond donors (Lipinski definition) is 0. The zero-order valence-corrected chi connectivity index (χ0v) is 42.7. The molecule has 0 aliphatic heterocycles. The lowest BCUT2D eigenvalue weighted by molar-refractivity contribution is -0.167. The molecule has 0 aliphatic carbocycles. The highest BCUT2D eigenvalue weighted by Gasteiger charge is 2.19. The minimum Gasteiger partial charge on any atom is -0.462 e. The molecule has 1 unspecified atom stereocenters. The highest BCUT2D eigenvalue weighted by Crippen LogP contribution is 2.18. The van der Waals surface area contributed by atoms with Gasteiger partial charge in [-0.25, -0.2) is 0 Å². The predicted octanol–water partition coefficient (Wildman–Crippen LogP) is 17.9. The van der Waals surface area contributed by atoms with Crippen molar-refractivity contribution in [2.24, 2.45) is 17.8 Å². The highest BCUT2D eigenvalue weighted by atomic mass is 16.6. The number of carbonyl (C=O) groups is 3. The molecule has 0 radical (unpaired) electrons. The molecule has 0 saturated heterocycles. The summed E-state index contributed by atoms with van der Waals surface area (Å²) >= 11 is 0. The van der Waals surface area contributed by atoms with E-state index in [0.717, 1.165) is 75.5 Å². The number of esters is 3. The van der Waals surface area contributed by atoms with Gasteiger partial charge in [-0.2, -0.15) is 0 Å². The zero-order valence-electron chi connectivity index (χ0n) is 42.7. The van der Waals surface area contributed by atoms with Crippen LogP contribution in [0.2, 0.25) is 0 Å². The van der Waals surface area contributed by atoms with Gasteiger partial charge in [0.05, 0.1) is 0 Å². The first kappa shape index (κ1) is 60.4. The molecule has 2 atom stereocenters. The maximum Gasteiger partial charge on any atom is 0.306 e. The van der Waals surface area contributed by atoms with Gasteiger partial charge in [-0.1, -0.05) is 266 Å². The first-order chi connectivity index (χ1) is 30.1. The average Bonchev–Trinajstić information content (AvgIpc) is 3.24. The van der Waals surface area contributed by atoms with Crippen molar-refractivity contribution in [1.29, 1.82) is 0 Å². The summed E-state index contributed by atoms with van der Waals surface area (Å²) in [5.41, 5.74) is 0. The van der Waals surface area contributed by atoms with Crippen molar-refractivity contribution in [2.45, 2.75) is 311 Å². The van der Waals surface area contributed by atoms with Crippen LogP contribution < -0.4 is 0 Å². The molecular formula is C56H108O6. The van der Waals surface area contributed by atoms with Gasteiger partial charge in [-0.15, -0.1) is 0 Å². The van der Waals surface area contributed by atoms with Crippen LogP contribution in [-0.2, 0) is 28.6 Å². The topological polar surface area (TPSA) is 78.9 Å². The maximum absolute atomic E-state index is 12.8. The summed E-state index contributed by atoms with van der Waals surface area (Å²) in [4.78, 5) is 38.0. The summed E-state index contributed by atoms with van der Waals surface area (Å²) in [7, 11) is 0. The third kappa shape index (κ3) is 47.9. The number of hydrogen-bond acceptors (Lipinski definition) is 6. The Hall–Kier alpha value is -1.59. The lowest BCUT2D eigenvalue weighted by atomic mass is 9.99. The van der Waals surface area contributed by atoms with Crippen molar-refractivity contribution < 1.29 is 28.6 Å². The molecule has 0 aromatic rings. The van der Waals surface area contributed by atoms with E-state index in [-0.39, 0.29) is 31.1 Å². The molecule has 62 heavy (non-hydrogen) atoms. The van der Waals surface area contributed by atoms with Crippen molar-refractivity contribution in [2.75, 3.05) is 13.2 Å². The molecule has 6 nitrogen and oxygen atoms in total. The second kappa shape index (κ2) is 47.4. The largest absolute Gasteiger partial charge is 0.462 e. The second-order valence-electron chi connectivity index (χ2n) is 20.4. The van der Waals surface area contributed by atoms with Gasteiger partial charge in [0.2, 0.25) is 0 Å². The molecule has 0 rings (SSSR count). The smallest absolute Gasteiger partial charge is 0.306 e. The maximum atomic E-state index is 12.8.